The van der Waals surface area contributed by atoms with Crippen LogP contribution in [-0.4, -0.2) is 73.4 Å². The van der Waals surface area contributed by atoms with E-state index in [1.165, 1.54) is 96.3 Å². The maximum Gasteiger partial charge on any atom is 0.508 e. The van der Waals surface area contributed by atoms with Gasteiger partial charge in [0, 0.05) is 13.2 Å². The molecule has 346 valence electrons. The van der Waals surface area contributed by atoms with Crippen molar-refractivity contribution in [3.63, 3.8) is 0 Å². The van der Waals surface area contributed by atoms with Crippen molar-refractivity contribution in [2.24, 2.45) is 0 Å². The number of rotatable bonds is 46. The summed E-state index contributed by atoms with van der Waals surface area (Å²) < 4.78 is 28.6. The third-order valence-corrected chi connectivity index (χ3v) is 11.6. The summed E-state index contributed by atoms with van der Waals surface area (Å²) in [4.78, 5) is 24.2. The molecular formula is C49H96O9. The summed E-state index contributed by atoms with van der Waals surface area (Å²) in [7, 11) is 0. The lowest BCUT2D eigenvalue weighted by Crippen LogP contribution is -2.35. The number of carbonyl (C=O) groups excluding carboxylic acids is 1. The minimum atomic E-state index is -1.14. The van der Waals surface area contributed by atoms with Crippen molar-refractivity contribution in [3.05, 3.63) is 0 Å². The topological polar surface area (TPSA) is 121 Å². The lowest BCUT2D eigenvalue weighted by molar-refractivity contribution is -0.0444. The van der Waals surface area contributed by atoms with Gasteiger partial charge in [-0.15, -0.1) is 0 Å². The van der Waals surface area contributed by atoms with Crippen LogP contribution in [0.5, 0.6) is 0 Å². The highest BCUT2D eigenvalue weighted by Gasteiger charge is 2.33. The fourth-order valence-electron chi connectivity index (χ4n) is 7.89. The summed E-state index contributed by atoms with van der Waals surface area (Å²) in [5, 5.41) is 19.4. The highest BCUT2D eigenvalue weighted by molar-refractivity contribution is 5.60. The number of hydrogen-bond donors (Lipinski definition) is 2. The average molecular weight is 829 g/mol. The lowest BCUT2D eigenvalue weighted by atomic mass is 9.84. The number of carboxylic acid groups (broad SMARTS) is 1. The molecule has 0 fully saturated rings. The zero-order valence-electron chi connectivity index (χ0n) is 38.7. The van der Waals surface area contributed by atoms with Gasteiger partial charge in [-0.2, -0.15) is 0 Å². The molecule has 9 nitrogen and oxygen atoms in total. The van der Waals surface area contributed by atoms with E-state index in [0.717, 1.165) is 128 Å². The molecule has 3 unspecified atom stereocenters. The van der Waals surface area contributed by atoms with Crippen LogP contribution in [0.15, 0.2) is 0 Å². The first-order valence-corrected chi connectivity index (χ1v) is 24.9. The highest BCUT2D eigenvalue weighted by atomic mass is 16.7. The van der Waals surface area contributed by atoms with Gasteiger partial charge in [0.05, 0.1) is 19.8 Å². The number of ether oxygens (including phenoxy) is 5. The summed E-state index contributed by atoms with van der Waals surface area (Å²) >= 11 is 0. The lowest BCUT2D eigenvalue weighted by Gasteiger charge is -2.33. The van der Waals surface area contributed by atoms with E-state index in [4.69, 9.17) is 23.7 Å². The van der Waals surface area contributed by atoms with Crippen molar-refractivity contribution < 1.29 is 43.5 Å². The molecule has 0 aliphatic heterocycles. The van der Waals surface area contributed by atoms with Crippen molar-refractivity contribution in [1.29, 1.82) is 0 Å². The van der Waals surface area contributed by atoms with Gasteiger partial charge in [0.25, 0.3) is 0 Å². The second kappa shape index (κ2) is 43.5. The number of carbonyl (C=O) groups is 2. The monoisotopic (exact) mass is 829 g/mol. The normalized spacial score (nSPS) is 13.6. The van der Waals surface area contributed by atoms with Gasteiger partial charge >= 0.3 is 12.3 Å². The molecule has 0 heterocycles. The first-order valence-electron chi connectivity index (χ1n) is 24.9. The predicted molar refractivity (Wildman–Crippen MR) is 240 cm³/mol. The molecule has 0 saturated heterocycles. The Kier molecular flexibility index (Phi) is 42.3. The van der Waals surface area contributed by atoms with Gasteiger partial charge in [0.2, 0.25) is 0 Å². The molecule has 0 aromatic rings. The molecule has 0 radical (unpaired) electrons. The second-order valence-corrected chi connectivity index (χ2v) is 17.2. The molecule has 0 spiro atoms. The van der Waals surface area contributed by atoms with Crippen LogP contribution in [0.25, 0.3) is 0 Å². The number of aliphatic hydroxyl groups excluding tert-OH is 1. The third kappa shape index (κ3) is 37.4. The van der Waals surface area contributed by atoms with Crippen molar-refractivity contribution >= 4 is 12.3 Å². The molecular weight excluding hydrogens is 733 g/mol. The summed E-state index contributed by atoms with van der Waals surface area (Å²) in [6.07, 6.45) is 36.3. The van der Waals surface area contributed by atoms with Crippen LogP contribution in [0.1, 0.15) is 252 Å². The van der Waals surface area contributed by atoms with E-state index in [1.807, 2.05) is 0 Å². The Hall–Kier alpha value is -1.58. The smallest absolute Gasteiger partial charge is 0.450 e. The maximum atomic E-state index is 12.4. The molecule has 0 aliphatic rings. The molecule has 0 amide bonds. The van der Waals surface area contributed by atoms with Gasteiger partial charge in [0.1, 0.15) is 17.8 Å². The van der Waals surface area contributed by atoms with Crippen LogP contribution in [-0.2, 0) is 23.7 Å². The van der Waals surface area contributed by atoms with Crippen molar-refractivity contribution in [2.75, 3.05) is 33.0 Å². The van der Waals surface area contributed by atoms with E-state index < -0.39 is 17.9 Å². The number of aliphatic hydroxyl groups is 1. The summed E-state index contributed by atoms with van der Waals surface area (Å²) in [6.45, 7) is 10.8. The first-order chi connectivity index (χ1) is 28.4. The molecule has 2 N–H and O–H groups in total. The zero-order chi connectivity index (χ0) is 42.6. The molecule has 3 atom stereocenters. The van der Waals surface area contributed by atoms with E-state index in [-0.39, 0.29) is 18.8 Å². The molecule has 0 rings (SSSR count). The fraction of sp³-hybridized carbons (Fsp3) is 0.959. The molecule has 0 aromatic heterocycles. The largest absolute Gasteiger partial charge is 0.508 e. The minimum Gasteiger partial charge on any atom is -0.450 e. The van der Waals surface area contributed by atoms with Crippen molar-refractivity contribution in [2.45, 2.75) is 270 Å². The van der Waals surface area contributed by atoms with Gasteiger partial charge in [-0.1, -0.05) is 163 Å². The van der Waals surface area contributed by atoms with Crippen LogP contribution in [0.2, 0.25) is 0 Å². The standard InChI is InChI=1S/C49H96O9/c1-5-9-13-17-19-21-28-36-45(35-27-15-11-7-3)57-48(53)56-42-34-26-25-33-41-55-46(43-50)44-54-40-32-24-23-31-39-49(58-47(51)52,37-29-16-12-8-4)38-30-22-20-18-14-10-6-2/h45-46,50H,5-44H2,1-4H3,(H,51,52). The predicted octanol–water partition coefficient (Wildman–Crippen LogP) is 15.1. The van der Waals surface area contributed by atoms with E-state index in [0.29, 0.717) is 26.4 Å². The third-order valence-electron chi connectivity index (χ3n) is 11.6. The Balaban J connectivity index is 4.24. The van der Waals surface area contributed by atoms with Crippen LogP contribution >= 0.6 is 0 Å². The summed E-state index contributed by atoms with van der Waals surface area (Å²) in [5.41, 5.74) is -0.559. The van der Waals surface area contributed by atoms with Crippen LogP contribution in [0.3, 0.4) is 0 Å². The molecule has 58 heavy (non-hydrogen) atoms. The molecule has 0 bridgehead atoms. The summed E-state index contributed by atoms with van der Waals surface area (Å²) in [6, 6.07) is 0. The molecule has 9 heteroatoms. The van der Waals surface area contributed by atoms with Gasteiger partial charge in [0.15, 0.2) is 0 Å². The van der Waals surface area contributed by atoms with E-state index in [1.54, 1.807) is 0 Å². The van der Waals surface area contributed by atoms with Crippen LogP contribution in [0.4, 0.5) is 9.59 Å². The van der Waals surface area contributed by atoms with Crippen molar-refractivity contribution in [1.82, 2.24) is 0 Å². The molecule has 0 aromatic carbocycles. The first kappa shape index (κ1) is 56.4. The van der Waals surface area contributed by atoms with E-state index in [2.05, 4.69) is 27.7 Å². The van der Waals surface area contributed by atoms with Gasteiger partial charge in [-0.05, 0) is 89.9 Å². The Bertz CT molecular complexity index is 871. The Morgan fingerprint density at radius 3 is 1.36 bits per heavy atom. The van der Waals surface area contributed by atoms with Crippen LogP contribution < -0.4 is 0 Å². The molecule has 0 saturated carbocycles. The Morgan fingerprint density at radius 2 is 0.879 bits per heavy atom. The van der Waals surface area contributed by atoms with Gasteiger partial charge < -0.3 is 33.9 Å². The van der Waals surface area contributed by atoms with Gasteiger partial charge in [-0.3, -0.25) is 0 Å². The van der Waals surface area contributed by atoms with E-state index >= 15 is 0 Å². The fourth-order valence-corrected chi connectivity index (χ4v) is 7.89. The second-order valence-electron chi connectivity index (χ2n) is 17.2. The molecule has 0 aliphatic carbocycles. The zero-order valence-corrected chi connectivity index (χ0v) is 38.7. The van der Waals surface area contributed by atoms with Crippen molar-refractivity contribution in [3.8, 4) is 0 Å². The SMILES string of the molecule is CCCCCCCCCC(CCCCCC)OC(=O)OCCCCCCOC(CO)COCCCCCCC(CCCCCC)(CCCCCCCCC)OC(=O)O. The average Bonchev–Trinajstić information content (AvgIpc) is 3.21. The summed E-state index contributed by atoms with van der Waals surface area (Å²) in [5.74, 6) is 0. The Morgan fingerprint density at radius 1 is 0.483 bits per heavy atom. The minimum absolute atomic E-state index is 0.0343. The maximum absolute atomic E-state index is 12.4. The quantitative estimate of drug-likeness (QED) is 0.0456. The number of unbranched alkanes of at least 4 members (excludes halogenated alkanes) is 24. The van der Waals surface area contributed by atoms with E-state index in [9.17, 15) is 19.8 Å². The van der Waals surface area contributed by atoms with Gasteiger partial charge in [-0.25, -0.2) is 9.59 Å². The Labute approximate surface area is 358 Å². The number of hydrogen-bond acceptors (Lipinski definition) is 8. The van der Waals surface area contributed by atoms with Crippen LogP contribution in [0, 0.1) is 0 Å². The highest BCUT2D eigenvalue weighted by Crippen LogP contribution is 2.33.